The van der Waals surface area contributed by atoms with Crippen molar-refractivity contribution in [3.63, 3.8) is 0 Å². The number of amides is 1. The topological polar surface area (TPSA) is 114 Å². The van der Waals surface area contributed by atoms with Gasteiger partial charge in [-0.2, -0.15) is 28.1 Å². The third-order valence-corrected chi connectivity index (χ3v) is 9.74. The smallest absolute Gasteiger partial charge is 0.417 e. The molecule has 2 aromatic heterocycles. The first-order valence-corrected chi connectivity index (χ1v) is 15.4. The maximum absolute atomic E-state index is 16.8. The number of ether oxygens (including phenoxy) is 1. The highest BCUT2D eigenvalue weighted by Crippen LogP contribution is 2.46. The van der Waals surface area contributed by atoms with Crippen LogP contribution >= 0.6 is 0 Å². The summed E-state index contributed by atoms with van der Waals surface area (Å²) in [7, 11) is 1.58. The fourth-order valence-electron chi connectivity index (χ4n) is 7.41. The van der Waals surface area contributed by atoms with E-state index in [4.69, 9.17) is 14.9 Å². The average Bonchev–Trinajstić information content (AvgIpc) is 3.82. The molecule has 0 radical (unpaired) electrons. The van der Waals surface area contributed by atoms with Crippen LogP contribution in [0.1, 0.15) is 31.2 Å². The van der Waals surface area contributed by atoms with Crippen molar-refractivity contribution in [2.24, 2.45) is 0 Å². The van der Waals surface area contributed by atoms with E-state index in [-0.39, 0.29) is 49.2 Å². The summed E-state index contributed by atoms with van der Waals surface area (Å²) in [4.78, 5) is 30.0. The zero-order valence-corrected chi connectivity index (χ0v) is 25.8. The van der Waals surface area contributed by atoms with E-state index < -0.39 is 74.9 Å². The minimum atomic E-state index is -5.09. The van der Waals surface area contributed by atoms with Gasteiger partial charge in [0.25, 0.3) is 6.01 Å². The van der Waals surface area contributed by atoms with Crippen LogP contribution in [0.25, 0.3) is 33.1 Å². The molecule has 0 aliphatic carbocycles. The summed E-state index contributed by atoms with van der Waals surface area (Å²) >= 11 is 0. The first-order chi connectivity index (χ1) is 22.8. The van der Waals surface area contributed by atoms with Crippen LogP contribution in [0.2, 0.25) is 0 Å². The number of nitrogens with zero attached hydrogens (tertiary/aromatic N) is 6. The third-order valence-electron chi connectivity index (χ3n) is 9.74. The van der Waals surface area contributed by atoms with Crippen LogP contribution in [0.3, 0.4) is 0 Å². The van der Waals surface area contributed by atoms with E-state index in [9.17, 15) is 26.7 Å². The molecule has 3 saturated heterocycles. The summed E-state index contributed by atoms with van der Waals surface area (Å²) in [5.41, 5.74) is 0.817. The van der Waals surface area contributed by atoms with Gasteiger partial charge < -0.3 is 24.7 Å². The van der Waals surface area contributed by atoms with Crippen LogP contribution in [0.15, 0.2) is 35.3 Å². The van der Waals surface area contributed by atoms with Gasteiger partial charge in [-0.3, -0.25) is 9.69 Å². The summed E-state index contributed by atoms with van der Waals surface area (Å²) in [5, 5.41) is -0.268. The number of carbonyl (C=O) groups excluding carboxylic acids is 1. The van der Waals surface area contributed by atoms with E-state index in [0.717, 1.165) is 24.6 Å². The summed E-state index contributed by atoms with van der Waals surface area (Å²) in [5.74, 6) is -2.69. The number of likely N-dealkylation sites (N-methyl/N-ethyl adjacent to an activating group) is 1. The number of aromatic nitrogens is 3. The summed E-state index contributed by atoms with van der Waals surface area (Å²) in [6, 6.07) is 1.31. The number of hydrogen-bond donors (Lipinski definition) is 1. The normalized spacial score (nSPS) is 22.9. The molecule has 3 unspecified atom stereocenters. The molecule has 0 saturated carbocycles. The maximum Gasteiger partial charge on any atom is 0.417 e. The average molecular weight is 676 g/mol. The number of oxazole rings is 1. The van der Waals surface area contributed by atoms with E-state index >= 15 is 4.39 Å². The fourth-order valence-corrected chi connectivity index (χ4v) is 7.41. The van der Waals surface area contributed by atoms with Gasteiger partial charge in [-0.15, -0.1) is 0 Å². The van der Waals surface area contributed by atoms with Gasteiger partial charge in [-0.1, -0.05) is 6.58 Å². The number of hydrogen-bond acceptors (Lipinski definition) is 9. The van der Waals surface area contributed by atoms with E-state index in [1.807, 2.05) is 4.90 Å². The summed E-state index contributed by atoms with van der Waals surface area (Å²) < 4.78 is 101. The number of rotatable bonds is 7. The number of nitrogen functional groups attached to an aromatic ring is 1. The van der Waals surface area contributed by atoms with Crippen molar-refractivity contribution in [3.8, 4) is 17.1 Å². The quantitative estimate of drug-likeness (QED) is 0.201. The predicted molar refractivity (Wildman–Crippen MR) is 164 cm³/mol. The van der Waals surface area contributed by atoms with Gasteiger partial charge in [0.05, 0.1) is 11.1 Å². The van der Waals surface area contributed by atoms with Crippen LogP contribution < -0.4 is 15.4 Å². The Hall–Kier alpha value is -4.60. The van der Waals surface area contributed by atoms with Crippen LogP contribution in [-0.4, -0.2) is 88.2 Å². The first-order valence-electron chi connectivity index (χ1n) is 15.4. The summed E-state index contributed by atoms with van der Waals surface area (Å²) in [6.45, 7) is 5.02. The lowest BCUT2D eigenvalue weighted by Gasteiger charge is -2.31. The number of carbonyl (C=O) groups is 1. The number of alkyl halides is 4. The van der Waals surface area contributed by atoms with Gasteiger partial charge in [0.2, 0.25) is 5.91 Å². The lowest BCUT2D eigenvalue weighted by Crippen LogP contribution is -2.43. The number of anilines is 2. The second-order valence-electron chi connectivity index (χ2n) is 12.6. The zero-order chi connectivity index (χ0) is 34.1. The Balaban J connectivity index is 1.41. The van der Waals surface area contributed by atoms with Crippen molar-refractivity contribution >= 4 is 39.7 Å². The monoisotopic (exact) mass is 675 g/mol. The van der Waals surface area contributed by atoms with Gasteiger partial charge in [0, 0.05) is 55.7 Å². The van der Waals surface area contributed by atoms with E-state index in [2.05, 4.69) is 21.5 Å². The van der Waals surface area contributed by atoms with E-state index in [1.165, 1.54) is 6.08 Å². The molecule has 0 spiro atoms. The molecule has 3 atom stereocenters. The van der Waals surface area contributed by atoms with Crippen molar-refractivity contribution in [1.29, 1.82) is 0 Å². The van der Waals surface area contributed by atoms with Gasteiger partial charge in [-0.05, 0) is 50.1 Å². The van der Waals surface area contributed by atoms with Crippen molar-refractivity contribution < 1.29 is 40.3 Å². The molecular formula is C32H31F6N7O3. The molecule has 7 rings (SSSR count). The van der Waals surface area contributed by atoms with Gasteiger partial charge in [-0.25, -0.2) is 13.2 Å². The highest BCUT2D eigenvalue weighted by Gasteiger charge is 2.49. The predicted octanol–water partition coefficient (Wildman–Crippen LogP) is 5.50. The molecule has 4 aromatic rings. The van der Waals surface area contributed by atoms with Crippen molar-refractivity contribution in [2.45, 2.75) is 49.6 Å². The molecule has 3 aliphatic heterocycles. The molecule has 48 heavy (non-hydrogen) atoms. The van der Waals surface area contributed by atoms with Crippen molar-refractivity contribution in [1.82, 2.24) is 24.8 Å². The third kappa shape index (κ3) is 5.25. The molecular weight excluding hydrogens is 644 g/mol. The van der Waals surface area contributed by atoms with Gasteiger partial charge in [0.15, 0.2) is 17.2 Å². The van der Waals surface area contributed by atoms with Crippen LogP contribution in [0.5, 0.6) is 6.01 Å². The lowest BCUT2D eigenvalue weighted by atomic mass is 9.94. The van der Waals surface area contributed by atoms with E-state index in [0.29, 0.717) is 25.9 Å². The molecule has 10 nitrogen and oxygen atoms in total. The Kier molecular flexibility index (Phi) is 7.68. The van der Waals surface area contributed by atoms with Crippen molar-refractivity contribution in [2.75, 3.05) is 50.5 Å². The Morgan fingerprint density at radius 1 is 1.21 bits per heavy atom. The Bertz CT molecular complexity index is 1950. The first kappa shape index (κ1) is 32.0. The van der Waals surface area contributed by atoms with Gasteiger partial charge in [0.1, 0.15) is 29.6 Å². The Morgan fingerprint density at radius 3 is 2.75 bits per heavy atom. The molecule has 1 amide bonds. The highest BCUT2D eigenvalue weighted by atomic mass is 19.4. The second-order valence-corrected chi connectivity index (χ2v) is 12.6. The number of likely N-dealkylation sites (tertiary alicyclic amines) is 1. The Labute approximate surface area is 270 Å². The summed E-state index contributed by atoms with van der Waals surface area (Å²) in [6.07, 6.45) is -2.79. The lowest BCUT2D eigenvalue weighted by molar-refractivity contribution is -0.137. The number of benzene rings is 2. The van der Waals surface area contributed by atoms with Crippen LogP contribution in [0, 0.1) is 11.6 Å². The number of halogens is 6. The number of fused-ring (bicyclic) bond motifs is 3. The minimum Gasteiger partial charge on any atom is -0.461 e. The molecule has 3 fully saturated rings. The van der Waals surface area contributed by atoms with Crippen molar-refractivity contribution in [3.05, 3.63) is 48.1 Å². The SMILES string of the molecule is C=CC(=O)N1CCC(N(C)c2nc(OCC34CCCN3CC(F)C4)nc3c(F)c(-c4ccc(F)c5oc(N)nc45)c(C(F)(F)F)cc23)C1. The minimum absolute atomic E-state index is 0.0148. The fraction of sp³-hybridized carbons (Fsp3) is 0.438. The largest absolute Gasteiger partial charge is 0.461 e. The number of nitrogens with two attached hydrogens (primary N) is 1. The van der Waals surface area contributed by atoms with Gasteiger partial charge >= 0.3 is 12.2 Å². The molecule has 2 aromatic carbocycles. The molecule has 254 valence electrons. The highest BCUT2D eigenvalue weighted by molar-refractivity contribution is 6.00. The van der Waals surface area contributed by atoms with Crippen LogP contribution in [0.4, 0.5) is 38.2 Å². The van der Waals surface area contributed by atoms with Crippen LogP contribution in [-0.2, 0) is 11.0 Å². The molecule has 5 heterocycles. The second kappa shape index (κ2) is 11.5. The molecule has 0 bridgehead atoms. The molecule has 2 N–H and O–H groups in total. The Morgan fingerprint density at radius 2 is 2.00 bits per heavy atom. The molecule has 16 heteroatoms. The standard InChI is InChI=1S/C32H31F6N7O3/c1-3-22(46)44-10-7-17(14-44)43(2)28-19-11-20(32(36,37)38)23(18-5-6-21(34)27-26(18)40-29(39)48-27)24(35)25(19)41-30(42-28)47-15-31-8-4-9-45(31)13-16(33)12-31/h3,5-6,11,16-17H,1,4,7-10,12-15H2,2H3,(H2,39,40). The molecule has 3 aliphatic rings. The maximum atomic E-state index is 16.8. The zero-order valence-electron chi connectivity index (χ0n) is 25.8. The van der Waals surface area contributed by atoms with E-state index in [1.54, 1.807) is 16.8 Å².